The molecule has 5 nitrogen and oxygen atoms in total. The first-order valence-corrected chi connectivity index (χ1v) is 5.91. The average molecular weight is 220 g/mol. The second kappa shape index (κ2) is 5.43. The maximum atomic E-state index is 11.5. The molecule has 1 rings (SSSR count). The zero-order valence-electron chi connectivity index (χ0n) is 8.31. The first-order chi connectivity index (χ1) is 6.59. The van der Waals surface area contributed by atoms with Crippen molar-refractivity contribution >= 4 is 17.0 Å². The number of nitrogens with zero attached hydrogens (tertiary/aromatic N) is 2. The van der Waals surface area contributed by atoms with Crippen LogP contribution in [0.15, 0.2) is 0 Å². The molecule has 1 atom stereocenters. The topological polar surface area (TPSA) is 60.9 Å². The zero-order chi connectivity index (χ0) is 10.6. The molecule has 1 unspecified atom stereocenters. The molecular weight excluding hydrogens is 204 g/mol. The molecule has 0 bridgehead atoms. The fraction of sp³-hybridized carbons (Fsp3) is 0.875. The van der Waals surface area contributed by atoms with Crippen molar-refractivity contribution in [3.63, 3.8) is 0 Å². The maximum Gasteiger partial charge on any atom is 0.223 e. The molecule has 1 N–H and O–H groups in total. The van der Waals surface area contributed by atoms with E-state index < -0.39 is 11.1 Å². The summed E-state index contributed by atoms with van der Waals surface area (Å²) >= 11 is -1.86. The van der Waals surface area contributed by atoms with Crippen LogP contribution in [0.5, 0.6) is 0 Å². The third-order valence-electron chi connectivity index (χ3n) is 2.35. The number of carbonyl (C=O) groups excluding carboxylic acids is 1. The van der Waals surface area contributed by atoms with E-state index in [9.17, 15) is 9.00 Å². The van der Waals surface area contributed by atoms with Gasteiger partial charge in [-0.05, 0) is 7.05 Å². The summed E-state index contributed by atoms with van der Waals surface area (Å²) in [6.07, 6.45) is 0.173. The Morgan fingerprint density at radius 1 is 1.36 bits per heavy atom. The van der Waals surface area contributed by atoms with Crippen molar-refractivity contribution in [1.29, 1.82) is 0 Å². The Morgan fingerprint density at radius 2 is 1.93 bits per heavy atom. The average Bonchev–Trinajstić information content (AvgIpc) is 2.15. The highest BCUT2D eigenvalue weighted by molar-refractivity contribution is 7.79. The van der Waals surface area contributed by atoms with Crippen molar-refractivity contribution < 1.29 is 13.6 Å². The third kappa shape index (κ3) is 3.73. The minimum atomic E-state index is -1.86. The quantitative estimate of drug-likeness (QED) is 0.643. The molecule has 14 heavy (non-hydrogen) atoms. The van der Waals surface area contributed by atoms with E-state index in [0.717, 1.165) is 26.2 Å². The highest BCUT2D eigenvalue weighted by atomic mass is 32.2. The summed E-state index contributed by atoms with van der Waals surface area (Å²) in [5.41, 5.74) is 0. The number of rotatable bonds is 3. The van der Waals surface area contributed by atoms with Gasteiger partial charge in [0.15, 0.2) is 11.1 Å². The van der Waals surface area contributed by atoms with Crippen molar-refractivity contribution in [1.82, 2.24) is 9.80 Å². The van der Waals surface area contributed by atoms with Crippen LogP contribution < -0.4 is 0 Å². The first-order valence-electron chi connectivity index (χ1n) is 4.63. The Hall–Kier alpha value is -0.460. The summed E-state index contributed by atoms with van der Waals surface area (Å²) < 4.78 is 18.9. The third-order valence-corrected chi connectivity index (χ3v) is 2.90. The van der Waals surface area contributed by atoms with Gasteiger partial charge >= 0.3 is 0 Å². The van der Waals surface area contributed by atoms with E-state index in [1.54, 1.807) is 4.90 Å². The van der Waals surface area contributed by atoms with Gasteiger partial charge in [0, 0.05) is 32.6 Å². The van der Waals surface area contributed by atoms with Gasteiger partial charge in [-0.3, -0.25) is 4.79 Å². The lowest BCUT2D eigenvalue weighted by Crippen LogP contribution is -2.47. The van der Waals surface area contributed by atoms with Gasteiger partial charge in [-0.2, -0.15) is 0 Å². The van der Waals surface area contributed by atoms with Gasteiger partial charge in [0.05, 0.1) is 5.75 Å². The number of likely N-dealkylation sites (N-methyl/N-ethyl adjacent to an activating group) is 1. The molecule has 1 amide bonds. The molecule has 82 valence electrons. The Labute approximate surface area is 86.3 Å². The van der Waals surface area contributed by atoms with Crippen LogP contribution in [0.3, 0.4) is 0 Å². The van der Waals surface area contributed by atoms with Crippen LogP contribution in [-0.2, 0) is 15.9 Å². The summed E-state index contributed by atoms with van der Waals surface area (Å²) in [6.45, 7) is 3.22. The fourth-order valence-electron chi connectivity index (χ4n) is 1.39. The summed E-state index contributed by atoms with van der Waals surface area (Å²) in [5, 5.41) is 0. The van der Waals surface area contributed by atoms with Gasteiger partial charge < -0.3 is 14.4 Å². The molecule has 1 fully saturated rings. The Bertz CT molecular complexity index is 227. The van der Waals surface area contributed by atoms with Crippen molar-refractivity contribution in [3.8, 4) is 0 Å². The number of amides is 1. The first kappa shape index (κ1) is 11.6. The number of piperazine rings is 1. The van der Waals surface area contributed by atoms with Crippen LogP contribution in [0.1, 0.15) is 6.42 Å². The van der Waals surface area contributed by atoms with Crippen molar-refractivity contribution in [2.45, 2.75) is 6.42 Å². The van der Waals surface area contributed by atoms with Crippen LogP contribution in [0, 0.1) is 0 Å². The lowest BCUT2D eigenvalue weighted by molar-refractivity contribution is -0.132. The molecule has 0 radical (unpaired) electrons. The predicted octanol–water partition coefficient (Wildman–Crippen LogP) is -0.628. The molecule has 6 heteroatoms. The van der Waals surface area contributed by atoms with Crippen LogP contribution in [0.25, 0.3) is 0 Å². The fourth-order valence-corrected chi connectivity index (χ4v) is 1.74. The molecule has 1 heterocycles. The molecule has 0 aliphatic carbocycles. The monoisotopic (exact) mass is 220 g/mol. The lowest BCUT2D eigenvalue weighted by atomic mass is 10.3. The highest BCUT2D eigenvalue weighted by Crippen LogP contribution is 2.01. The van der Waals surface area contributed by atoms with E-state index in [1.807, 2.05) is 7.05 Å². The minimum Gasteiger partial charge on any atom is -0.340 e. The van der Waals surface area contributed by atoms with Gasteiger partial charge in [0.25, 0.3) is 0 Å². The number of hydrogen-bond acceptors (Lipinski definition) is 3. The molecule has 0 aromatic rings. The Morgan fingerprint density at radius 3 is 2.43 bits per heavy atom. The maximum absolute atomic E-state index is 11.5. The summed E-state index contributed by atoms with van der Waals surface area (Å²) in [6, 6.07) is 0. The SMILES string of the molecule is CN1CCN(C(=O)CCS(=O)O)CC1. The van der Waals surface area contributed by atoms with Gasteiger partial charge in [0.2, 0.25) is 5.91 Å². The van der Waals surface area contributed by atoms with E-state index in [1.165, 1.54) is 0 Å². The second-order valence-electron chi connectivity index (χ2n) is 3.46. The number of carbonyl (C=O) groups is 1. The van der Waals surface area contributed by atoms with Gasteiger partial charge in [-0.1, -0.05) is 0 Å². The van der Waals surface area contributed by atoms with Crippen LogP contribution in [-0.4, -0.2) is 63.4 Å². The van der Waals surface area contributed by atoms with E-state index >= 15 is 0 Å². The molecule has 0 aromatic heterocycles. The molecule has 1 saturated heterocycles. The standard InChI is InChI=1S/C8H16N2O3S/c1-9-3-5-10(6-4-9)8(11)2-7-14(12)13/h2-7H2,1H3,(H,12,13). The molecular formula is C8H16N2O3S. The molecule has 0 spiro atoms. The predicted molar refractivity (Wildman–Crippen MR) is 54.3 cm³/mol. The molecule has 0 aromatic carbocycles. The second-order valence-corrected chi connectivity index (χ2v) is 4.51. The van der Waals surface area contributed by atoms with Crippen molar-refractivity contribution in [2.75, 3.05) is 39.0 Å². The molecule has 0 saturated carbocycles. The minimum absolute atomic E-state index is 0.0134. The van der Waals surface area contributed by atoms with E-state index in [-0.39, 0.29) is 18.1 Å². The summed E-state index contributed by atoms with van der Waals surface area (Å²) in [4.78, 5) is 15.4. The van der Waals surface area contributed by atoms with Crippen molar-refractivity contribution in [2.24, 2.45) is 0 Å². The van der Waals surface area contributed by atoms with Gasteiger partial charge in [-0.15, -0.1) is 0 Å². The molecule has 1 aliphatic heterocycles. The van der Waals surface area contributed by atoms with E-state index in [4.69, 9.17) is 4.55 Å². The van der Waals surface area contributed by atoms with Crippen molar-refractivity contribution in [3.05, 3.63) is 0 Å². The van der Waals surface area contributed by atoms with E-state index in [2.05, 4.69) is 4.90 Å². The van der Waals surface area contributed by atoms with Gasteiger partial charge in [-0.25, -0.2) is 4.21 Å². The van der Waals surface area contributed by atoms with Crippen LogP contribution in [0.2, 0.25) is 0 Å². The summed E-state index contributed by atoms with van der Waals surface area (Å²) in [5.74, 6) is 0.0334. The lowest BCUT2D eigenvalue weighted by Gasteiger charge is -2.32. The Kier molecular flexibility index (Phi) is 4.50. The van der Waals surface area contributed by atoms with Crippen LogP contribution >= 0.6 is 0 Å². The Balaban J connectivity index is 2.27. The van der Waals surface area contributed by atoms with E-state index in [0.29, 0.717) is 0 Å². The smallest absolute Gasteiger partial charge is 0.223 e. The van der Waals surface area contributed by atoms with Crippen LogP contribution in [0.4, 0.5) is 0 Å². The zero-order valence-corrected chi connectivity index (χ0v) is 9.13. The highest BCUT2D eigenvalue weighted by Gasteiger charge is 2.18. The normalized spacial score (nSPS) is 20.9. The molecule has 1 aliphatic rings. The van der Waals surface area contributed by atoms with Gasteiger partial charge in [0.1, 0.15) is 0 Å². The number of hydrogen-bond donors (Lipinski definition) is 1. The summed E-state index contributed by atoms with van der Waals surface area (Å²) in [7, 11) is 2.02. The largest absolute Gasteiger partial charge is 0.340 e.